The van der Waals surface area contributed by atoms with Gasteiger partial charge in [-0.05, 0) is 40.2 Å². The van der Waals surface area contributed by atoms with Crippen molar-refractivity contribution in [3.8, 4) is 0 Å². The monoisotopic (exact) mass is 465 g/mol. The number of piperazine rings is 1. The summed E-state index contributed by atoms with van der Waals surface area (Å²) in [6, 6.07) is 0.268. The van der Waals surface area contributed by atoms with Crippen LogP contribution in [0, 0.1) is 24.6 Å². The molecule has 1 aromatic heterocycles. The number of carbonyl (C=O) groups excluding carboxylic acids is 2. The zero-order valence-electron chi connectivity index (χ0n) is 19.9. The standard InChI is InChI=1S/C22H36FN7O3/c1-14-15(2)30(10-9-28(14)4)21-19(23)20(24-16(3)25-21)26-27-22(32)18(12-29(33)13-31)11-17-7-5-6-8-17/h13-15,17-18,33H,5-12H2,1-4H3,(H,27,32)(H,24,25,26)/t14-,15+,18?/m1/s1. The second-order valence-corrected chi connectivity index (χ2v) is 9.34. The molecule has 0 bridgehead atoms. The number of hydroxylamine groups is 2. The van der Waals surface area contributed by atoms with E-state index in [9.17, 15) is 14.8 Å². The molecule has 0 aromatic carbocycles. The van der Waals surface area contributed by atoms with Gasteiger partial charge in [0.1, 0.15) is 5.82 Å². The number of nitrogens with one attached hydrogen (secondary N) is 2. The second-order valence-electron chi connectivity index (χ2n) is 9.34. The highest BCUT2D eigenvalue weighted by Crippen LogP contribution is 2.31. The normalized spacial score (nSPS) is 22.8. The van der Waals surface area contributed by atoms with Gasteiger partial charge in [0.25, 0.3) is 0 Å². The van der Waals surface area contributed by atoms with Gasteiger partial charge in [0.2, 0.25) is 18.1 Å². The third-order valence-electron chi connectivity index (χ3n) is 7.09. The van der Waals surface area contributed by atoms with Crippen molar-refractivity contribution in [2.75, 3.05) is 37.0 Å². The summed E-state index contributed by atoms with van der Waals surface area (Å²) in [5.74, 6) is -0.842. The van der Waals surface area contributed by atoms with E-state index in [0.717, 1.165) is 32.2 Å². The number of rotatable bonds is 9. The van der Waals surface area contributed by atoms with Gasteiger partial charge in [-0.1, -0.05) is 25.7 Å². The van der Waals surface area contributed by atoms with E-state index >= 15 is 4.39 Å². The highest BCUT2D eigenvalue weighted by atomic mass is 19.1. The number of aryl methyl sites for hydroxylation is 1. The van der Waals surface area contributed by atoms with Crippen molar-refractivity contribution in [2.45, 2.75) is 65.0 Å². The van der Waals surface area contributed by atoms with Gasteiger partial charge in [0, 0.05) is 25.2 Å². The first-order chi connectivity index (χ1) is 15.7. The van der Waals surface area contributed by atoms with E-state index in [2.05, 4.69) is 32.6 Å². The first-order valence-electron chi connectivity index (χ1n) is 11.7. The lowest BCUT2D eigenvalue weighted by molar-refractivity contribution is -0.154. The van der Waals surface area contributed by atoms with Crippen LogP contribution in [0.25, 0.3) is 0 Å². The molecule has 2 aliphatic rings. The van der Waals surface area contributed by atoms with Gasteiger partial charge in [0.05, 0.1) is 12.5 Å². The van der Waals surface area contributed by atoms with E-state index in [1.54, 1.807) is 6.92 Å². The maximum absolute atomic E-state index is 15.4. The van der Waals surface area contributed by atoms with Crippen LogP contribution in [0.5, 0.6) is 0 Å². The molecule has 11 heteroatoms. The summed E-state index contributed by atoms with van der Waals surface area (Å²) in [5, 5.41) is 10.1. The SMILES string of the molecule is Cc1nc(NNC(=O)C(CC2CCCC2)CN(O)C=O)c(F)c(N2CCN(C)[C@H](C)[C@@H]2C)n1. The number of halogens is 1. The van der Waals surface area contributed by atoms with Crippen LogP contribution in [-0.4, -0.2) is 76.2 Å². The van der Waals surface area contributed by atoms with Crippen molar-refractivity contribution in [1.29, 1.82) is 0 Å². The van der Waals surface area contributed by atoms with Gasteiger partial charge < -0.3 is 4.90 Å². The van der Waals surface area contributed by atoms with E-state index in [0.29, 0.717) is 29.8 Å². The first kappa shape index (κ1) is 25.1. The summed E-state index contributed by atoms with van der Waals surface area (Å²) in [7, 11) is 2.04. The first-order valence-corrected chi connectivity index (χ1v) is 11.7. The van der Waals surface area contributed by atoms with Crippen LogP contribution in [0.3, 0.4) is 0 Å². The fraction of sp³-hybridized carbons (Fsp3) is 0.727. The van der Waals surface area contributed by atoms with Crippen molar-refractivity contribution < 1.29 is 19.2 Å². The van der Waals surface area contributed by atoms with Gasteiger partial charge in [-0.15, -0.1) is 0 Å². The Morgan fingerprint density at radius 2 is 1.97 bits per heavy atom. The highest BCUT2D eigenvalue weighted by Gasteiger charge is 2.32. The Kier molecular flexibility index (Phi) is 8.41. The molecule has 2 heterocycles. The molecule has 3 atom stereocenters. The third-order valence-corrected chi connectivity index (χ3v) is 7.09. The lowest BCUT2D eigenvalue weighted by Gasteiger charge is -2.44. The summed E-state index contributed by atoms with van der Waals surface area (Å²) >= 11 is 0. The van der Waals surface area contributed by atoms with Gasteiger partial charge in [-0.25, -0.2) is 15.0 Å². The Hall–Kier alpha value is -2.53. The van der Waals surface area contributed by atoms with Crippen LogP contribution < -0.4 is 15.8 Å². The molecule has 2 fully saturated rings. The maximum atomic E-state index is 15.4. The van der Waals surface area contributed by atoms with E-state index in [1.165, 1.54) is 0 Å². The molecule has 3 N–H and O–H groups in total. The van der Waals surface area contributed by atoms with Gasteiger partial charge >= 0.3 is 0 Å². The minimum atomic E-state index is -0.631. The number of hydrazine groups is 1. The number of carbonyl (C=O) groups is 2. The minimum Gasteiger partial charge on any atom is -0.348 e. The Labute approximate surface area is 194 Å². The predicted molar refractivity (Wildman–Crippen MR) is 122 cm³/mol. The Morgan fingerprint density at radius 3 is 2.64 bits per heavy atom. The molecule has 1 unspecified atom stereocenters. The molecule has 1 saturated carbocycles. The molecule has 1 aliphatic carbocycles. The van der Waals surface area contributed by atoms with Crippen molar-refractivity contribution in [1.82, 2.24) is 25.4 Å². The molecule has 184 valence electrons. The van der Waals surface area contributed by atoms with Crippen molar-refractivity contribution in [3.05, 3.63) is 11.6 Å². The zero-order chi connectivity index (χ0) is 24.1. The molecule has 3 rings (SSSR count). The number of anilines is 2. The number of hydrogen-bond donors (Lipinski definition) is 3. The van der Waals surface area contributed by atoms with Crippen molar-refractivity contribution in [3.63, 3.8) is 0 Å². The van der Waals surface area contributed by atoms with Gasteiger partial charge in [0.15, 0.2) is 11.6 Å². The largest absolute Gasteiger partial charge is 0.348 e. The zero-order valence-corrected chi connectivity index (χ0v) is 19.9. The lowest BCUT2D eigenvalue weighted by Crippen LogP contribution is -2.56. The Morgan fingerprint density at radius 1 is 1.27 bits per heavy atom. The number of aromatic nitrogens is 2. The quantitative estimate of drug-likeness (QED) is 0.288. The maximum Gasteiger partial charge on any atom is 0.243 e. The van der Waals surface area contributed by atoms with Gasteiger partial charge in [-0.3, -0.25) is 30.5 Å². The predicted octanol–water partition coefficient (Wildman–Crippen LogP) is 1.94. The van der Waals surface area contributed by atoms with Gasteiger partial charge in [-0.2, -0.15) is 4.39 Å². The Bertz CT molecular complexity index is 836. The van der Waals surface area contributed by atoms with Crippen LogP contribution >= 0.6 is 0 Å². The lowest BCUT2D eigenvalue weighted by atomic mass is 9.92. The van der Waals surface area contributed by atoms with Crippen molar-refractivity contribution in [2.24, 2.45) is 11.8 Å². The summed E-state index contributed by atoms with van der Waals surface area (Å²) in [6.45, 7) is 7.09. The molecular weight excluding hydrogens is 429 g/mol. The van der Waals surface area contributed by atoms with E-state index in [4.69, 9.17) is 0 Å². The molecule has 2 amide bonds. The summed E-state index contributed by atoms with van der Waals surface area (Å²) in [5.41, 5.74) is 5.14. The van der Waals surface area contributed by atoms with Crippen LogP contribution in [0.15, 0.2) is 0 Å². The molecule has 0 radical (unpaired) electrons. The number of hydrogen-bond acceptors (Lipinski definition) is 8. The fourth-order valence-corrected chi connectivity index (χ4v) is 4.82. The molecule has 1 aromatic rings. The molecule has 1 saturated heterocycles. The summed E-state index contributed by atoms with van der Waals surface area (Å²) < 4.78 is 15.4. The van der Waals surface area contributed by atoms with Crippen LogP contribution in [0.4, 0.5) is 16.0 Å². The number of nitrogens with zero attached hydrogens (tertiary/aromatic N) is 5. The average molecular weight is 466 g/mol. The molecule has 0 spiro atoms. The van der Waals surface area contributed by atoms with E-state index < -0.39 is 17.6 Å². The summed E-state index contributed by atoms with van der Waals surface area (Å²) in [4.78, 5) is 36.4. The van der Waals surface area contributed by atoms with Crippen LogP contribution in [-0.2, 0) is 9.59 Å². The van der Waals surface area contributed by atoms with Crippen LogP contribution in [0.2, 0.25) is 0 Å². The minimum absolute atomic E-state index is 0.0460. The summed E-state index contributed by atoms with van der Waals surface area (Å²) in [6.07, 6.45) is 5.10. The molecule has 10 nitrogen and oxygen atoms in total. The second kappa shape index (κ2) is 11.1. The molecular formula is C22H36FN7O3. The highest BCUT2D eigenvalue weighted by molar-refractivity contribution is 5.80. The molecule has 33 heavy (non-hydrogen) atoms. The average Bonchev–Trinajstić information content (AvgIpc) is 3.30. The number of amides is 2. The molecule has 1 aliphatic heterocycles. The van der Waals surface area contributed by atoms with E-state index in [-0.39, 0.29) is 36.7 Å². The smallest absolute Gasteiger partial charge is 0.243 e. The number of likely N-dealkylation sites (N-methyl/N-ethyl adjacent to an activating group) is 1. The Balaban J connectivity index is 1.72. The topological polar surface area (TPSA) is 114 Å². The third kappa shape index (κ3) is 6.08. The van der Waals surface area contributed by atoms with Crippen molar-refractivity contribution >= 4 is 24.0 Å². The fourth-order valence-electron chi connectivity index (χ4n) is 4.82. The van der Waals surface area contributed by atoms with Crippen LogP contribution in [0.1, 0.15) is 51.8 Å². The van der Waals surface area contributed by atoms with E-state index in [1.807, 2.05) is 18.9 Å².